The molecular weight excluding hydrogens is 190 g/mol. The Balaban J connectivity index is 1.88. The highest BCUT2D eigenvalue weighted by molar-refractivity contribution is 5.07. The highest BCUT2D eigenvalue weighted by Gasteiger charge is 2.29. The van der Waals surface area contributed by atoms with Crippen LogP contribution in [0.3, 0.4) is 0 Å². The van der Waals surface area contributed by atoms with Gasteiger partial charge in [-0.25, -0.2) is 0 Å². The topological polar surface area (TPSA) is 50.9 Å². The van der Waals surface area contributed by atoms with E-state index in [9.17, 15) is 5.11 Å². The van der Waals surface area contributed by atoms with Crippen molar-refractivity contribution < 1.29 is 5.11 Å². The zero-order chi connectivity index (χ0) is 10.3. The van der Waals surface area contributed by atoms with Crippen LogP contribution in [0.2, 0.25) is 0 Å². The third-order valence-electron chi connectivity index (χ3n) is 3.80. The van der Waals surface area contributed by atoms with Crippen LogP contribution in [0, 0.1) is 5.92 Å². The van der Waals surface area contributed by atoms with Crippen LogP contribution in [0.1, 0.15) is 43.3 Å². The summed E-state index contributed by atoms with van der Waals surface area (Å²) < 4.78 is 2.26. The Kier molecular flexibility index (Phi) is 2.24. The Morgan fingerprint density at radius 2 is 2.13 bits per heavy atom. The van der Waals surface area contributed by atoms with Crippen LogP contribution in [-0.2, 0) is 13.0 Å². The first-order valence-corrected chi connectivity index (χ1v) is 5.91. The lowest BCUT2D eigenvalue weighted by Crippen LogP contribution is -2.26. The van der Waals surface area contributed by atoms with E-state index in [1.165, 1.54) is 25.1 Å². The van der Waals surface area contributed by atoms with E-state index in [0.717, 1.165) is 25.2 Å². The summed E-state index contributed by atoms with van der Waals surface area (Å²) >= 11 is 0. The Morgan fingerprint density at radius 3 is 2.80 bits per heavy atom. The van der Waals surface area contributed by atoms with Crippen LogP contribution in [0.15, 0.2) is 0 Å². The zero-order valence-corrected chi connectivity index (χ0v) is 8.89. The number of aryl methyl sites for hydroxylation is 1. The van der Waals surface area contributed by atoms with Gasteiger partial charge in [0, 0.05) is 31.4 Å². The molecule has 1 aliphatic carbocycles. The van der Waals surface area contributed by atoms with Crippen LogP contribution in [0.5, 0.6) is 0 Å². The third kappa shape index (κ3) is 1.47. The summed E-state index contributed by atoms with van der Waals surface area (Å²) in [6.07, 6.45) is 5.89. The predicted octanol–water partition coefficient (Wildman–Crippen LogP) is 1.10. The summed E-state index contributed by atoms with van der Waals surface area (Å²) in [5.74, 6) is 3.35. The van der Waals surface area contributed by atoms with E-state index in [1.807, 2.05) is 0 Å². The molecule has 1 fully saturated rings. The van der Waals surface area contributed by atoms with Gasteiger partial charge in [0.2, 0.25) is 0 Å². The fraction of sp³-hybridized carbons (Fsp3) is 0.818. The van der Waals surface area contributed by atoms with Gasteiger partial charge in [-0.3, -0.25) is 0 Å². The zero-order valence-electron chi connectivity index (χ0n) is 8.89. The Bertz CT molecular complexity index is 357. The van der Waals surface area contributed by atoms with Gasteiger partial charge in [0.05, 0.1) is 0 Å². The minimum atomic E-state index is 0.293. The van der Waals surface area contributed by atoms with E-state index < -0.39 is 0 Å². The molecule has 1 unspecified atom stereocenters. The molecule has 0 amide bonds. The summed E-state index contributed by atoms with van der Waals surface area (Å²) in [4.78, 5) is 0. The lowest BCUT2D eigenvalue weighted by Gasteiger charge is -2.28. The van der Waals surface area contributed by atoms with E-state index in [4.69, 9.17) is 0 Å². The summed E-state index contributed by atoms with van der Waals surface area (Å²) in [5.41, 5.74) is 0. The van der Waals surface area contributed by atoms with Crippen LogP contribution in [0.25, 0.3) is 0 Å². The molecule has 0 spiro atoms. The lowest BCUT2D eigenvalue weighted by molar-refractivity contribution is 0.187. The van der Waals surface area contributed by atoms with Crippen LogP contribution in [0.4, 0.5) is 0 Å². The van der Waals surface area contributed by atoms with Gasteiger partial charge in [0.25, 0.3) is 0 Å². The van der Waals surface area contributed by atoms with Crippen molar-refractivity contribution in [1.29, 1.82) is 0 Å². The third-order valence-corrected chi connectivity index (χ3v) is 3.80. The number of aromatic nitrogens is 3. The van der Waals surface area contributed by atoms with Crippen molar-refractivity contribution in [3.8, 4) is 0 Å². The molecule has 0 bridgehead atoms. The molecule has 0 radical (unpaired) electrons. The minimum Gasteiger partial charge on any atom is -0.396 e. The second kappa shape index (κ2) is 3.59. The molecule has 0 aromatic carbocycles. The molecule has 2 aliphatic rings. The number of hydrogen-bond acceptors (Lipinski definition) is 3. The van der Waals surface area contributed by atoms with Crippen molar-refractivity contribution >= 4 is 0 Å². The van der Waals surface area contributed by atoms with Crippen molar-refractivity contribution in [3.63, 3.8) is 0 Å². The molecule has 4 nitrogen and oxygen atoms in total. The standard InChI is InChI=1S/C11H17N3O/c15-7-8-4-5-10-12-13-11(14(10)6-8)9-2-1-3-9/h8-9,15H,1-7H2. The van der Waals surface area contributed by atoms with Crippen molar-refractivity contribution in [2.45, 2.75) is 44.6 Å². The van der Waals surface area contributed by atoms with Crippen LogP contribution >= 0.6 is 0 Å². The molecule has 82 valence electrons. The number of aliphatic hydroxyl groups excluding tert-OH is 1. The summed E-state index contributed by atoms with van der Waals surface area (Å²) in [6.45, 7) is 1.21. The van der Waals surface area contributed by atoms with Gasteiger partial charge >= 0.3 is 0 Å². The molecule has 1 aliphatic heterocycles. The summed E-state index contributed by atoms with van der Waals surface area (Å²) in [7, 11) is 0. The van der Waals surface area contributed by atoms with Gasteiger partial charge in [0.15, 0.2) is 0 Å². The molecule has 3 rings (SSSR count). The summed E-state index contributed by atoms with van der Waals surface area (Å²) in [5, 5.41) is 17.8. The monoisotopic (exact) mass is 207 g/mol. The van der Waals surface area contributed by atoms with Gasteiger partial charge in [-0.15, -0.1) is 10.2 Å². The van der Waals surface area contributed by atoms with E-state index in [-0.39, 0.29) is 0 Å². The quantitative estimate of drug-likeness (QED) is 0.790. The van der Waals surface area contributed by atoms with E-state index in [2.05, 4.69) is 14.8 Å². The molecule has 1 N–H and O–H groups in total. The SMILES string of the molecule is OCC1CCc2nnc(C3CCC3)n2C1. The molecular formula is C11H17N3O. The molecule has 1 atom stereocenters. The molecule has 2 heterocycles. The van der Waals surface area contributed by atoms with Gasteiger partial charge in [-0.1, -0.05) is 6.42 Å². The average molecular weight is 207 g/mol. The fourth-order valence-electron chi connectivity index (χ4n) is 2.53. The Labute approximate surface area is 89.3 Å². The number of nitrogens with zero attached hydrogens (tertiary/aromatic N) is 3. The van der Waals surface area contributed by atoms with Crippen LogP contribution < -0.4 is 0 Å². The average Bonchev–Trinajstić information content (AvgIpc) is 2.59. The van der Waals surface area contributed by atoms with Crippen molar-refractivity contribution in [2.24, 2.45) is 5.92 Å². The second-order valence-electron chi connectivity index (χ2n) is 4.80. The highest BCUT2D eigenvalue weighted by Crippen LogP contribution is 2.36. The lowest BCUT2D eigenvalue weighted by atomic mass is 9.84. The van der Waals surface area contributed by atoms with Gasteiger partial charge in [0.1, 0.15) is 11.6 Å². The molecule has 15 heavy (non-hydrogen) atoms. The first-order chi connectivity index (χ1) is 7.38. The molecule has 1 aromatic heterocycles. The molecule has 1 saturated carbocycles. The number of fused-ring (bicyclic) bond motifs is 1. The maximum absolute atomic E-state index is 9.20. The highest BCUT2D eigenvalue weighted by atomic mass is 16.3. The largest absolute Gasteiger partial charge is 0.396 e. The van der Waals surface area contributed by atoms with Gasteiger partial charge in [-0.2, -0.15) is 0 Å². The van der Waals surface area contributed by atoms with Gasteiger partial charge < -0.3 is 9.67 Å². The number of aliphatic hydroxyl groups is 1. The Morgan fingerprint density at radius 1 is 1.27 bits per heavy atom. The summed E-state index contributed by atoms with van der Waals surface area (Å²) in [6, 6.07) is 0. The second-order valence-corrected chi connectivity index (χ2v) is 4.80. The van der Waals surface area contributed by atoms with E-state index in [0.29, 0.717) is 18.4 Å². The van der Waals surface area contributed by atoms with E-state index in [1.54, 1.807) is 0 Å². The fourth-order valence-corrected chi connectivity index (χ4v) is 2.53. The van der Waals surface area contributed by atoms with E-state index >= 15 is 0 Å². The maximum atomic E-state index is 9.20. The molecule has 0 saturated heterocycles. The van der Waals surface area contributed by atoms with Gasteiger partial charge in [-0.05, 0) is 19.3 Å². The molecule has 4 heteroatoms. The first kappa shape index (κ1) is 9.33. The van der Waals surface area contributed by atoms with Crippen molar-refractivity contribution in [1.82, 2.24) is 14.8 Å². The minimum absolute atomic E-state index is 0.293. The smallest absolute Gasteiger partial charge is 0.136 e. The van der Waals surface area contributed by atoms with Crippen molar-refractivity contribution in [3.05, 3.63) is 11.6 Å². The predicted molar refractivity (Wildman–Crippen MR) is 55.5 cm³/mol. The molecule has 1 aromatic rings. The maximum Gasteiger partial charge on any atom is 0.136 e. The normalized spacial score (nSPS) is 26.1. The number of hydrogen-bond donors (Lipinski definition) is 1. The van der Waals surface area contributed by atoms with Crippen LogP contribution in [-0.4, -0.2) is 26.5 Å². The number of rotatable bonds is 2. The Hall–Kier alpha value is -0.900. The van der Waals surface area contributed by atoms with Crippen molar-refractivity contribution in [2.75, 3.05) is 6.61 Å². The first-order valence-electron chi connectivity index (χ1n) is 5.91.